The van der Waals surface area contributed by atoms with Gasteiger partial charge in [-0.2, -0.15) is 0 Å². The second-order valence-electron chi connectivity index (χ2n) is 4.65. The summed E-state index contributed by atoms with van der Waals surface area (Å²) in [5.41, 5.74) is 0.585. The third kappa shape index (κ3) is 1.66. The van der Waals surface area contributed by atoms with E-state index in [1.54, 1.807) is 4.90 Å². The number of nitrogens with zero attached hydrogens (tertiary/aromatic N) is 2. The Morgan fingerprint density at radius 2 is 1.89 bits per heavy atom. The highest BCUT2D eigenvalue weighted by molar-refractivity contribution is 6.06. The molecule has 0 bridgehead atoms. The molecule has 2 saturated heterocycles. The lowest BCUT2D eigenvalue weighted by Gasteiger charge is -2.36. The van der Waals surface area contributed by atoms with Crippen LogP contribution < -0.4 is 4.90 Å². The number of hydrogen-bond acceptors (Lipinski definition) is 2. The second kappa shape index (κ2) is 4.08. The largest absolute Gasteiger partial charge is 0.329 e. The Kier molecular flexibility index (Phi) is 2.54. The van der Waals surface area contributed by atoms with Crippen LogP contribution in [0.4, 0.5) is 10.1 Å². The zero-order valence-electron chi connectivity index (χ0n) is 9.80. The third-order valence-electron chi connectivity index (χ3n) is 3.56. The minimum atomic E-state index is -0.350. The van der Waals surface area contributed by atoms with Crippen LogP contribution in [0.3, 0.4) is 0 Å². The molecular formula is C13H13FN2O2. The maximum Gasteiger partial charge on any atom is 0.250 e. The van der Waals surface area contributed by atoms with Crippen LogP contribution in [0.5, 0.6) is 0 Å². The van der Waals surface area contributed by atoms with Gasteiger partial charge in [0.1, 0.15) is 18.4 Å². The molecule has 3 rings (SSSR count). The Morgan fingerprint density at radius 3 is 2.61 bits per heavy atom. The molecule has 1 aromatic carbocycles. The molecule has 1 aromatic rings. The van der Waals surface area contributed by atoms with Crippen molar-refractivity contribution < 1.29 is 14.0 Å². The van der Waals surface area contributed by atoms with Crippen LogP contribution in [-0.2, 0) is 9.59 Å². The first-order valence-corrected chi connectivity index (χ1v) is 6.03. The molecule has 94 valence electrons. The quantitative estimate of drug-likeness (QED) is 0.748. The molecule has 2 amide bonds. The van der Waals surface area contributed by atoms with E-state index in [-0.39, 0.29) is 30.2 Å². The molecular weight excluding hydrogens is 235 g/mol. The van der Waals surface area contributed by atoms with E-state index in [0.717, 1.165) is 12.8 Å². The van der Waals surface area contributed by atoms with Crippen molar-refractivity contribution in [3.8, 4) is 0 Å². The van der Waals surface area contributed by atoms with E-state index in [1.165, 1.54) is 29.2 Å². The van der Waals surface area contributed by atoms with Crippen LogP contribution in [0.15, 0.2) is 24.3 Å². The molecule has 2 heterocycles. The van der Waals surface area contributed by atoms with Crippen LogP contribution in [0.2, 0.25) is 0 Å². The van der Waals surface area contributed by atoms with Crippen LogP contribution in [0, 0.1) is 5.82 Å². The average molecular weight is 248 g/mol. The number of carbonyl (C=O) groups excluding carboxylic acids is 2. The van der Waals surface area contributed by atoms with Gasteiger partial charge in [0.25, 0.3) is 0 Å². The Labute approximate surface area is 104 Å². The van der Waals surface area contributed by atoms with Crippen molar-refractivity contribution >= 4 is 17.5 Å². The van der Waals surface area contributed by atoms with E-state index in [4.69, 9.17) is 0 Å². The van der Waals surface area contributed by atoms with Crippen molar-refractivity contribution in [3.63, 3.8) is 0 Å². The van der Waals surface area contributed by atoms with Crippen LogP contribution in [0.25, 0.3) is 0 Å². The summed E-state index contributed by atoms with van der Waals surface area (Å²) in [6.45, 7) is 0.730. The molecule has 4 nitrogen and oxygen atoms in total. The average Bonchev–Trinajstić information content (AvgIpc) is 2.85. The zero-order chi connectivity index (χ0) is 12.7. The number of benzene rings is 1. The normalized spacial score (nSPS) is 23.5. The smallest absolute Gasteiger partial charge is 0.250 e. The molecule has 2 aliphatic heterocycles. The molecule has 1 unspecified atom stereocenters. The highest BCUT2D eigenvalue weighted by atomic mass is 19.1. The van der Waals surface area contributed by atoms with Crippen molar-refractivity contribution in [1.29, 1.82) is 0 Å². The van der Waals surface area contributed by atoms with Gasteiger partial charge in [-0.15, -0.1) is 0 Å². The van der Waals surface area contributed by atoms with Gasteiger partial charge in [0.2, 0.25) is 11.8 Å². The fourth-order valence-corrected chi connectivity index (χ4v) is 2.65. The van der Waals surface area contributed by atoms with Crippen molar-refractivity contribution in [1.82, 2.24) is 4.90 Å². The second-order valence-corrected chi connectivity index (χ2v) is 4.65. The van der Waals surface area contributed by atoms with Crippen molar-refractivity contribution in [2.24, 2.45) is 0 Å². The SMILES string of the molecule is O=C1C2CCCN2C(=O)CN1c1ccc(F)cc1. The summed E-state index contributed by atoms with van der Waals surface area (Å²) in [4.78, 5) is 27.3. The van der Waals surface area contributed by atoms with Crippen molar-refractivity contribution in [2.75, 3.05) is 18.0 Å². The van der Waals surface area contributed by atoms with E-state index in [9.17, 15) is 14.0 Å². The van der Waals surface area contributed by atoms with Gasteiger partial charge in [0, 0.05) is 12.2 Å². The first-order valence-electron chi connectivity index (χ1n) is 6.03. The molecule has 0 saturated carbocycles. The number of carbonyl (C=O) groups is 2. The molecule has 0 aliphatic carbocycles. The maximum absolute atomic E-state index is 12.9. The van der Waals surface area contributed by atoms with Gasteiger partial charge >= 0.3 is 0 Å². The van der Waals surface area contributed by atoms with E-state index in [1.807, 2.05) is 0 Å². The first kappa shape index (κ1) is 11.2. The van der Waals surface area contributed by atoms with Crippen molar-refractivity contribution in [3.05, 3.63) is 30.1 Å². The molecule has 0 radical (unpaired) electrons. The molecule has 18 heavy (non-hydrogen) atoms. The number of fused-ring (bicyclic) bond motifs is 1. The van der Waals surface area contributed by atoms with Crippen LogP contribution in [0.1, 0.15) is 12.8 Å². The molecule has 1 atom stereocenters. The summed E-state index contributed by atoms with van der Waals surface area (Å²) in [5, 5.41) is 0. The van der Waals surface area contributed by atoms with Gasteiger partial charge < -0.3 is 9.80 Å². The standard InChI is InChI=1S/C13H13FN2O2/c14-9-3-5-10(6-4-9)16-8-12(17)15-7-1-2-11(15)13(16)18/h3-6,11H,1-2,7-8H2. The highest BCUT2D eigenvalue weighted by Crippen LogP contribution is 2.27. The fraction of sp³-hybridized carbons (Fsp3) is 0.385. The number of amides is 2. The van der Waals surface area contributed by atoms with Gasteiger partial charge in [-0.3, -0.25) is 9.59 Å². The molecule has 0 spiro atoms. The Bertz CT molecular complexity index is 500. The summed E-state index contributed by atoms with van der Waals surface area (Å²) >= 11 is 0. The van der Waals surface area contributed by atoms with Gasteiger partial charge in [-0.25, -0.2) is 4.39 Å². The summed E-state index contributed by atoms with van der Waals surface area (Å²) in [5.74, 6) is -0.433. The minimum Gasteiger partial charge on any atom is -0.329 e. The van der Waals surface area contributed by atoms with Gasteiger partial charge in [0.15, 0.2) is 0 Å². The van der Waals surface area contributed by atoms with Crippen molar-refractivity contribution in [2.45, 2.75) is 18.9 Å². The Hall–Kier alpha value is -1.91. The number of hydrogen-bond donors (Lipinski definition) is 0. The number of halogens is 1. The summed E-state index contributed by atoms with van der Waals surface area (Å²) < 4.78 is 12.9. The number of rotatable bonds is 1. The summed E-state index contributed by atoms with van der Waals surface area (Å²) in [6.07, 6.45) is 1.60. The lowest BCUT2D eigenvalue weighted by atomic mass is 10.1. The molecule has 2 aliphatic rings. The third-order valence-corrected chi connectivity index (χ3v) is 3.56. The predicted molar refractivity (Wildman–Crippen MR) is 63.5 cm³/mol. The highest BCUT2D eigenvalue weighted by Gasteiger charge is 2.42. The van der Waals surface area contributed by atoms with Crippen LogP contribution >= 0.6 is 0 Å². The zero-order valence-corrected chi connectivity index (χ0v) is 9.80. The molecule has 5 heteroatoms. The lowest BCUT2D eigenvalue weighted by Crippen LogP contribution is -2.57. The van der Waals surface area contributed by atoms with E-state index >= 15 is 0 Å². The predicted octanol–water partition coefficient (Wildman–Crippen LogP) is 1.16. The van der Waals surface area contributed by atoms with Crippen LogP contribution in [-0.4, -0.2) is 35.8 Å². The van der Waals surface area contributed by atoms with E-state index < -0.39 is 0 Å². The van der Waals surface area contributed by atoms with E-state index in [2.05, 4.69) is 0 Å². The topological polar surface area (TPSA) is 40.6 Å². The summed E-state index contributed by atoms with van der Waals surface area (Å²) in [7, 11) is 0. The number of anilines is 1. The number of piperazine rings is 1. The fourth-order valence-electron chi connectivity index (χ4n) is 2.65. The maximum atomic E-state index is 12.9. The monoisotopic (exact) mass is 248 g/mol. The lowest BCUT2D eigenvalue weighted by molar-refractivity contribution is -0.140. The summed E-state index contributed by atoms with van der Waals surface area (Å²) in [6, 6.07) is 5.34. The molecule has 0 N–H and O–H groups in total. The van der Waals surface area contributed by atoms with Gasteiger partial charge in [-0.1, -0.05) is 0 Å². The Morgan fingerprint density at radius 1 is 1.17 bits per heavy atom. The minimum absolute atomic E-state index is 0.0265. The Balaban J connectivity index is 1.91. The first-order chi connectivity index (χ1) is 8.66. The molecule has 2 fully saturated rings. The molecule has 0 aromatic heterocycles. The van der Waals surface area contributed by atoms with Gasteiger partial charge in [-0.05, 0) is 37.1 Å². The van der Waals surface area contributed by atoms with Gasteiger partial charge in [0.05, 0.1) is 0 Å². The van der Waals surface area contributed by atoms with E-state index in [0.29, 0.717) is 12.2 Å².